The molecular formula is C22H26ClN5O4S. The SMILES string of the molecule is COC(=O)c1cn(Cc2cc(-c3ccc(Cl)s3)on2)c(C(=O)NC2CCN(C(C)C)CC2)n1. The minimum Gasteiger partial charge on any atom is -0.464 e. The Morgan fingerprint density at radius 1 is 1.33 bits per heavy atom. The van der Waals surface area contributed by atoms with Crippen molar-refractivity contribution in [2.45, 2.75) is 45.3 Å². The van der Waals surface area contributed by atoms with E-state index in [1.807, 2.05) is 6.07 Å². The lowest BCUT2D eigenvalue weighted by molar-refractivity contribution is 0.0594. The molecule has 1 fully saturated rings. The summed E-state index contributed by atoms with van der Waals surface area (Å²) in [5.41, 5.74) is 0.647. The molecule has 0 aliphatic carbocycles. The Bertz CT molecular complexity index is 1130. The number of piperidine rings is 1. The number of hydrogen-bond donors (Lipinski definition) is 1. The first-order valence-electron chi connectivity index (χ1n) is 10.8. The number of methoxy groups -OCH3 is 1. The van der Waals surface area contributed by atoms with Crippen molar-refractivity contribution < 1.29 is 18.8 Å². The average Bonchev–Trinajstić information content (AvgIpc) is 3.54. The van der Waals surface area contributed by atoms with E-state index in [0.29, 0.717) is 21.8 Å². The van der Waals surface area contributed by atoms with Crippen LogP contribution in [0, 0.1) is 0 Å². The van der Waals surface area contributed by atoms with Crippen LogP contribution in [0.15, 0.2) is 28.9 Å². The molecule has 1 amide bonds. The lowest BCUT2D eigenvalue weighted by atomic mass is 10.0. The predicted octanol–water partition coefficient (Wildman–Crippen LogP) is 3.69. The number of ether oxygens (including phenoxy) is 1. The van der Waals surface area contributed by atoms with Gasteiger partial charge in [0.1, 0.15) is 5.69 Å². The van der Waals surface area contributed by atoms with Gasteiger partial charge in [-0.05, 0) is 38.8 Å². The number of hydrogen-bond acceptors (Lipinski definition) is 8. The molecule has 176 valence electrons. The molecule has 11 heteroatoms. The Hall–Kier alpha value is -2.69. The Labute approximate surface area is 200 Å². The second kappa shape index (κ2) is 10.1. The highest BCUT2D eigenvalue weighted by molar-refractivity contribution is 7.19. The van der Waals surface area contributed by atoms with E-state index in [4.69, 9.17) is 20.9 Å². The Balaban J connectivity index is 1.51. The van der Waals surface area contributed by atoms with Gasteiger partial charge in [0.05, 0.1) is 22.9 Å². The van der Waals surface area contributed by atoms with Gasteiger partial charge < -0.3 is 24.0 Å². The van der Waals surface area contributed by atoms with Crippen molar-refractivity contribution in [3.63, 3.8) is 0 Å². The maximum atomic E-state index is 13.1. The highest BCUT2D eigenvalue weighted by Crippen LogP contribution is 2.31. The zero-order chi connectivity index (χ0) is 23.5. The van der Waals surface area contributed by atoms with Crippen LogP contribution >= 0.6 is 22.9 Å². The lowest BCUT2D eigenvalue weighted by Crippen LogP contribution is -2.47. The van der Waals surface area contributed by atoms with Gasteiger partial charge in [-0.2, -0.15) is 0 Å². The largest absolute Gasteiger partial charge is 0.464 e. The minimum absolute atomic E-state index is 0.0569. The second-order valence-corrected chi connectivity index (χ2v) is 9.95. The molecule has 4 heterocycles. The summed E-state index contributed by atoms with van der Waals surface area (Å²) in [5, 5.41) is 7.17. The standard InChI is InChI=1S/C22H26ClN5O4S/c1-13(2)27-8-6-14(7-9-27)24-21(29)20-25-16(22(30)31-3)12-28(20)11-15-10-17(32-26-15)18-4-5-19(23)33-18/h4-5,10,12-14H,6-9,11H2,1-3H3,(H,24,29). The van der Waals surface area contributed by atoms with Gasteiger partial charge in [0.25, 0.3) is 5.91 Å². The number of imidazole rings is 1. The molecular weight excluding hydrogens is 466 g/mol. The fourth-order valence-electron chi connectivity index (χ4n) is 3.85. The maximum Gasteiger partial charge on any atom is 0.358 e. The van der Waals surface area contributed by atoms with Crippen LogP contribution < -0.4 is 5.32 Å². The third-order valence-electron chi connectivity index (χ3n) is 5.68. The predicted molar refractivity (Wildman–Crippen MR) is 125 cm³/mol. The molecule has 1 N–H and O–H groups in total. The molecule has 0 radical (unpaired) electrons. The Morgan fingerprint density at radius 3 is 2.73 bits per heavy atom. The third kappa shape index (κ3) is 5.45. The summed E-state index contributed by atoms with van der Waals surface area (Å²) in [4.78, 5) is 32.6. The van der Waals surface area contributed by atoms with Gasteiger partial charge in [0.15, 0.2) is 17.3 Å². The number of likely N-dealkylation sites (tertiary alicyclic amines) is 1. The van der Waals surface area contributed by atoms with Crippen molar-refractivity contribution >= 4 is 34.8 Å². The van der Waals surface area contributed by atoms with E-state index in [1.165, 1.54) is 24.6 Å². The minimum atomic E-state index is -0.609. The molecule has 33 heavy (non-hydrogen) atoms. The number of carbonyl (C=O) groups is 2. The average molecular weight is 492 g/mol. The number of nitrogens with zero attached hydrogens (tertiary/aromatic N) is 4. The van der Waals surface area contributed by atoms with E-state index in [9.17, 15) is 9.59 Å². The number of nitrogens with one attached hydrogen (secondary N) is 1. The molecule has 4 rings (SSSR count). The molecule has 9 nitrogen and oxygen atoms in total. The highest BCUT2D eigenvalue weighted by atomic mass is 35.5. The number of rotatable bonds is 7. The van der Waals surface area contributed by atoms with Gasteiger partial charge in [-0.1, -0.05) is 16.8 Å². The second-order valence-electron chi connectivity index (χ2n) is 8.23. The number of thiophene rings is 1. The fourth-order valence-corrected chi connectivity index (χ4v) is 4.85. The van der Waals surface area contributed by atoms with Gasteiger partial charge in [-0.15, -0.1) is 11.3 Å². The number of esters is 1. The Kier molecular flexibility index (Phi) is 7.16. The van der Waals surface area contributed by atoms with E-state index in [2.05, 4.69) is 34.2 Å². The number of amides is 1. The van der Waals surface area contributed by atoms with Gasteiger partial charge in [-0.25, -0.2) is 9.78 Å². The molecule has 3 aromatic rings. The summed E-state index contributed by atoms with van der Waals surface area (Å²) in [5.74, 6) is -0.229. The molecule has 3 aromatic heterocycles. The van der Waals surface area contributed by atoms with Gasteiger partial charge in [0, 0.05) is 37.4 Å². The van der Waals surface area contributed by atoms with Crippen LogP contribution in [0.5, 0.6) is 0 Å². The first-order valence-corrected chi connectivity index (χ1v) is 11.9. The van der Waals surface area contributed by atoms with Crippen molar-refractivity contribution in [1.29, 1.82) is 0 Å². The summed E-state index contributed by atoms with van der Waals surface area (Å²) in [6.45, 7) is 6.41. The Morgan fingerprint density at radius 2 is 2.09 bits per heavy atom. The first kappa shape index (κ1) is 23.5. The molecule has 1 aliphatic heterocycles. The van der Waals surface area contributed by atoms with Crippen LogP contribution in [0.2, 0.25) is 4.34 Å². The summed E-state index contributed by atoms with van der Waals surface area (Å²) < 4.78 is 12.5. The van der Waals surface area contributed by atoms with Crippen LogP contribution in [0.4, 0.5) is 0 Å². The van der Waals surface area contributed by atoms with Crippen molar-refractivity contribution in [1.82, 2.24) is 24.9 Å². The summed E-state index contributed by atoms with van der Waals surface area (Å²) in [6.07, 6.45) is 3.23. The maximum absolute atomic E-state index is 13.1. The molecule has 0 unspecified atom stereocenters. The summed E-state index contributed by atoms with van der Waals surface area (Å²) in [6, 6.07) is 5.97. The van der Waals surface area contributed by atoms with Crippen molar-refractivity contribution in [3.8, 4) is 10.6 Å². The molecule has 0 spiro atoms. The van der Waals surface area contributed by atoms with Gasteiger partial charge in [-0.3, -0.25) is 4.79 Å². The van der Waals surface area contributed by atoms with E-state index < -0.39 is 5.97 Å². The van der Waals surface area contributed by atoms with Gasteiger partial charge >= 0.3 is 5.97 Å². The molecule has 0 atom stereocenters. The van der Waals surface area contributed by atoms with Crippen LogP contribution in [0.3, 0.4) is 0 Å². The van der Waals surface area contributed by atoms with Crippen molar-refractivity contribution in [2.75, 3.05) is 20.2 Å². The number of aromatic nitrogens is 3. The molecule has 0 saturated carbocycles. The van der Waals surface area contributed by atoms with E-state index in [-0.39, 0.29) is 30.0 Å². The quantitative estimate of drug-likeness (QED) is 0.503. The molecule has 0 aromatic carbocycles. The van der Waals surface area contributed by atoms with E-state index in [1.54, 1.807) is 16.7 Å². The normalized spacial score (nSPS) is 15.2. The molecule has 1 aliphatic rings. The lowest BCUT2D eigenvalue weighted by Gasteiger charge is -2.34. The van der Waals surface area contributed by atoms with Crippen LogP contribution in [0.1, 0.15) is 53.5 Å². The van der Waals surface area contributed by atoms with Crippen molar-refractivity contribution in [2.24, 2.45) is 0 Å². The van der Waals surface area contributed by atoms with Crippen LogP contribution in [-0.2, 0) is 11.3 Å². The zero-order valence-electron chi connectivity index (χ0n) is 18.7. The third-order valence-corrected chi connectivity index (χ3v) is 6.92. The number of carbonyl (C=O) groups excluding carboxylic acids is 2. The van der Waals surface area contributed by atoms with E-state index in [0.717, 1.165) is 30.8 Å². The summed E-state index contributed by atoms with van der Waals surface area (Å²) >= 11 is 7.39. The molecule has 1 saturated heterocycles. The first-order chi connectivity index (χ1) is 15.8. The topological polar surface area (TPSA) is 102 Å². The smallest absolute Gasteiger partial charge is 0.358 e. The zero-order valence-corrected chi connectivity index (χ0v) is 20.3. The molecule has 0 bridgehead atoms. The van der Waals surface area contributed by atoms with Crippen molar-refractivity contribution in [3.05, 3.63) is 45.9 Å². The highest BCUT2D eigenvalue weighted by Gasteiger charge is 2.26. The van der Waals surface area contributed by atoms with Gasteiger partial charge in [0.2, 0.25) is 0 Å². The number of halogens is 1. The van der Waals surface area contributed by atoms with Crippen LogP contribution in [0.25, 0.3) is 10.6 Å². The fraction of sp³-hybridized carbons (Fsp3) is 0.455. The van der Waals surface area contributed by atoms with E-state index >= 15 is 0 Å². The van der Waals surface area contributed by atoms with Crippen LogP contribution in [-0.4, -0.2) is 63.8 Å². The monoisotopic (exact) mass is 491 g/mol. The summed E-state index contributed by atoms with van der Waals surface area (Å²) in [7, 11) is 1.28.